The van der Waals surface area contributed by atoms with Crippen molar-refractivity contribution in [3.05, 3.63) is 0 Å². The molecule has 0 bridgehead atoms. The lowest BCUT2D eigenvalue weighted by atomic mass is 9.75. The van der Waals surface area contributed by atoms with Gasteiger partial charge in [0.1, 0.15) is 6.61 Å². The average Bonchev–Trinajstić information content (AvgIpc) is 2.52. The van der Waals surface area contributed by atoms with Crippen LogP contribution in [-0.2, 0) is 14.3 Å². The van der Waals surface area contributed by atoms with Crippen LogP contribution in [0.25, 0.3) is 0 Å². The molecule has 0 radical (unpaired) electrons. The lowest BCUT2D eigenvalue weighted by molar-refractivity contribution is -0.144. The zero-order chi connectivity index (χ0) is 17.0. The van der Waals surface area contributed by atoms with E-state index in [0.29, 0.717) is 43.7 Å². The summed E-state index contributed by atoms with van der Waals surface area (Å²) in [5, 5.41) is 0. The first kappa shape index (κ1) is 18.2. The van der Waals surface area contributed by atoms with E-state index in [2.05, 4.69) is 20.8 Å². The molecule has 1 saturated heterocycles. The van der Waals surface area contributed by atoms with Gasteiger partial charge in [-0.15, -0.1) is 0 Å². The summed E-state index contributed by atoms with van der Waals surface area (Å²) >= 11 is 0. The Bertz CT molecular complexity index is 416. The second-order valence-corrected chi connectivity index (χ2v) is 7.73. The number of carbonyl (C=O) groups is 2. The lowest BCUT2D eigenvalue weighted by Gasteiger charge is -2.37. The summed E-state index contributed by atoms with van der Waals surface area (Å²) in [6.45, 7) is 8.15. The summed E-state index contributed by atoms with van der Waals surface area (Å²) < 4.78 is 6.03. The molecule has 5 heteroatoms. The number of hydrogen-bond donors (Lipinski definition) is 1. The molecule has 1 saturated carbocycles. The molecule has 2 aliphatic rings. The smallest absolute Gasteiger partial charge is 0.248 e. The predicted molar refractivity (Wildman–Crippen MR) is 89.6 cm³/mol. The maximum atomic E-state index is 12.4. The van der Waals surface area contributed by atoms with E-state index in [1.54, 1.807) is 0 Å². The Balaban J connectivity index is 1.80. The summed E-state index contributed by atoms with van der Waals surface area (Å²) in [5.41, 5.74) is 5.33. The second-order valence-electron chi connectivity index (χ2n) is 7.73. The molecule has 2 amide bonds. The van der Waals surface area contributed by atoms with Crippen LogP contribution in [0.15, 0.2) is 0 Å². The Labute approximate surface area is 139 Å². The average molecular weight is 324 g/mol. The molecule has 1 aliphatic heterocycles. The maximum Gasteiger partial charge on any atom is 0.248 e. The molecular weight excluding hydrogens is 292 g/mol. The van der Waals surface area contributed by atoms with Gasteiger partial charge in [0.15, 0.2) is 0 Å². The number of primary amides is 1. The highest BCUT2D eigenvalue weighted by Crippen LogP contribution is 2.35. The monoisotopic (exact) mass is 324 g/mol. The molecule has 2 N–H and O–H groups in total. The number of nitrogens with two attached hydrogens (primary N) is 1. The third-order valence-electron chi connectivity index (χ3n) is 5.63. The molecule has 2 rings (SSSR count). The largest absolute Gasteiger partial charge is 0.369 e. The molecule has 0 aromatic heterocycles. The van der Waals surface area contributed by atoms with Crippen LogP contribution < -0.4 is 5.73 Å². The Morgan fingerprint density at radius 3 is 2.39 bits per heavy atom. The summed E-state index contributed by atoms with van der Waals surface area (Å²) in [5.74, 6) is 1.55. The first-order chi connectivity index (χ1) is 10.9. The van der Waals surface area contributed by atoms with E-state index < -0.39 is 0 Å². The van der Waals surface area contributed by atoms with Crippen LogP contribution in [0.5, 0.6) is 0 Å². The van der Waals surface area contributed by atoms with E-state index in [1.807, 2.05) is 4.90 Å². The molecule has 2 fully saturated rings. The van der Waals surface area contributed by atoms with Gasteiger partial charge in [0.25, 0.3) is 0 Å². The molecule has 0 aromatic rings. The number of piperidine rings is 1. The molecular formula is C18H32N2O3. The summed E-state index contributed by atoms with van der Waals surface area (Å²) in [4.78, 5) is 25.4. The third-order valence-corrected chi connectivity index (χ3v) is 5.63. The molecule has 1 aliphatic carbocycles. The highest BCUT2D eigenvalue weighted by molar-refractivity contribution is 5.79. The Kier molecular flexibility index (Phi) is 6.45. The summed E-state index contributed by atoms with van der Waals surface area (Å²) in [6.07, 6.45) is 5.07. The van der Waals surface area contributed by atoms with Crippen molar-refractivity contribution >= 4 is 11.8 Å². The summed E-state index contributed by atoms with van der Waals surface area (Å²) in [7, 11) is 0. The number of hydrogen-bond acceptors (Lipinski definition) is 3. The standard InChI is InChI=1S/C18H32N2O3/c1-12(2)15-5-4-13(3)10-16(15)23-11-17(21)20-8-6-14(7-9-20)18(19)22/h12-16H,4-11H2,1-3H3,(H2,19,22)/t13-,15-,16-/m1/s1. The van der Waals surface area contributed by atoms with E-state index in [4.69, 9.17) is 10.5 Å². The molecule has 23 heavy (non-hydrogen) atoms. The number of rotatable bonds is 5. The van der Waals surface area contributed by atoms with Crippen LogP contribution in [0.2, 0.25) is 0 Å². The lowest BCUT2D eigenvalue weighted by Crippen LogP contribution is -2.44. The number of likely N-dealkylation sites (tertiary alicyclic amines) is 1. The predicted octanol–water partition coefficient (Wildman–Crippen LogP) is 2.19. The van der Waals surface area contributed by atoms with Crippen LogP contribution in [0.3, 0.4) is 0 Å². The van der Waals surface area contributed by atoms with Crippen LogP contribution in [0.1, 0.15) is 52.9 Å². The number of ether oxygens (including phenoxy) is 1. The van der Waals surface area contributed by atoms with Crippen molar-refractivity contribution in [2.45, 2.75) is 59.0 Å². The summed E-state index contributed by atoms with van der Waals surface area (Å²) in [6, 6.07) is 0. The van der Waals surface area contributed by atoms with Gasteiger partial charge in [0.2, 0.25) is 11.8 Å². The minimum absolute atomic E-state index is 0.0497. The Hall–Kier alpha value is -1.10. The maximum absolute atomic E-state index is 12.4. The fourth-order valence-corrected chi connectivity index (χ4v) is 3.99. The van der Waals surface area contributed by atoms with E-state index in [9.17, 15) is 9.59 Å². The van der Waals surface area contributed by atoms with Crippen molar-refractivity contribution in [1.29, 1.82) is 0 Å². The fourth-order valence-electron chi connectivity index (χ4n) is 3.99. The SMILES string of the molecule is CC(C)[C@H]1CC[C@@H](C)C[C@H]1OCC(=O)N1CCC(C(N)=O)CC1. The van der Waals surface area contributed by atoms with E-state index in [0.717, 1.165) is 6.42 Å². The Morgan fingerprint density at radius 2 is 1.83 bits per heavy atom. The van der Waals surface area contributed by atoms with Crippen LogP contribution in [-0.4, -0.2) is 42.5 Å². The quantitative estimate of drug-likeness (QED) is 0.842. The van der Waals surface area contributed by atoms with Gasteiger partial charge in [-0.05, 0) is 43.4 Å². The van der Waals surface area contributed by atoms with Gasteiger partial charge in [-0.3, -0.25) is 9.59 Å². The van der Waals surface area contributed by atoms with Crippen molar-refractivity contribution in [2.24, 2.45) is 29.4 Å². The van der Waals surface area contributed by atoms with Crippen LogP contribution >= 0.6 is 0 Å². The number of amides is 2. The fraction of sp³-hybridized carbons (Fsp3) is 0.889. The highest BCUT2D eigenvalue weighted by atomic mass is 16.5. The van der Waals surface area contributed by atoms with Crippen molar-refractivity contribution < 1.29 is 14.3 Å². The normalized spacial score (nSPS) is 29.7. The highest BCUT2D eigenvalue weighted by Gasteiger charge is 2.32. The van der Waals surface area contributed by atoms with Crippen molar-refractivity contribution in [3.8, 4) is 0 Å². The van der Waals surface area contributed by atoms with Gasteiger partial charge in [0, 0.05) is 19.0 Å². The molecule has 132 valence electrons. The number of nitrogens with zero attached hydrogens (tertiary/aromatic N) is 1. The van der Waals surface area contributed by atoms with Gasteiger partial charge in [-0.1, -0.05) is 27.2 Å². The van der Waals surface area contributed by atoms with Crippen molar-refractivity contribution in [3.63, 3.8) is 0 Å². The minimum atomic E-state index is -0.246. The van der Waals surface area contributed by atoms with Gasteiger partial charge in [-0.25, -0.2) is 0 Å². The number of carbonyl (C=O) groups excluding carboxylic acids is 2. The third kappa shape index (κ3) is 4.93. The molecule has 3 atom stereocenters. The van der Waals surface area contributed by atoms with Crippen molar-refractivity contribution in [2.75, 3.05) is 19.7 Å². The first-order valence-electron chi connectivity index (χ1n) is 9.07. The Morgan fingerprint density at radius 1 is 1.17 bits per heavy atom. The van der Waals surface area contributed by atoms with E-state index >= 15 is 0 Å². The first-order valence-corrected chi connectivity index (χ1v) is 9.07. The zero-order valence-corrected chi connectivity index (χ0v) is 14.8. The van der Waals surface area contributed by atoms with Gasteiger partial charge < -0.3 is 15.4 Å². The van der Waals surface area contributed by atoms with Crippen LogP contribution in [0, 0.1) is 23.7 Å². The minimum Gasteiger partial charge on any atom is -0.369 e. The van der Waals surface area contributed by atoms with Crippen LogP contribution in [0.4, 0.5) is 0 Å². The second kappa shape index (κ2) is 8.13. The molecule has 0 spiro atoms. The molecule has 0 aromatic carbocycles. The van der Waals surface area contributed by atoms with E-state index in [-0.39, 0.29) is 30.4 Å². The van der Waals surface area contributed by atoms with Gasteiger partial charge in [-0.2, -0.15) is 0 Å². The van der Waals surface area contributed by atoms with Gasteiger partial charge in [0.05, 0.1) is 6.10 Å². The molecule has 0 unspecified atom stereocenters. The van der Waals surface area contributed by atoms with E-state index in [1.165, 1.54) is 12.8 Å². The van der Waals surface area contributed by atoms with Gasteiger partial charge >= 0.3 is 0 Å². The molecule has 5 nitrogen and oxygen atoms in total. The molecule has 1 heterocycles. The topological polar surface area (TPSA) is 72.6 Å². The van der Waals surface area contributed by atoms with Crippen molar-refractivity contribution in [1.82, 2.24) is 4.90 Å². The zero-order valence-electron chi connectivity index (χ0n) is 14.8.